The normalized spacial score (nSPS) is 15.2. The first-order valence-corrected chi connectivity index (χ1v) is 12.5. The second-order valence-corrected chi connectivity index (χ2v) is 9.73. The van der Waals surface area contributed by atoms with Crippen LogP contribution < -0.4 is 27.6 Å². The number of rotatable bonds is 7. The van der Waals surface area contributed by atoms with Crippen LogP contribution in [-0.2, 0) is 12.7 Å². The number of halogens is 3. The summed E-state index contributed by atoms with van der Waals surface area (Å²) >= 11 is 0. The number of nitrogen functional groups attached to an aromatic ring is 1. The molecule has 212 valence electrons. The maximum atomic E-state index is 13.9. The second-order valence-electron chi connectivity index (χ2n) is 9.73. The molecule has 4 rings (SSSR count). The molecule has 1 aliphatic heterocycles. The van der Waals surface area contributed by atoms with Crippen molar-refractivity contribution in [2.45, 2.75) is 19.6 Å². The van der Waals surface area contributed by atoms with Gasteiger partial charge in [-0.1, -0.05) is 12.1 Å². The Morgan fingerprint density at radius 2 is 1.75 bits per heavy atom. The van der Waals surface area contributed by atoms with Crippen molar-refractivity contribution >= 4 is 28.9 Å². The van der Waals surface area contributed by atoms with Gasteiger partial charge in [-0.05, 0) is 49.4 Å². The van der Waals surface area contributed by atoms with Gasteiger partial charge in [0.15, 0.2) is 0 Å². The topological polar surface area (TPSA) is 143 Å². The average Bonchev–Trinajstić information content (AvgIpc) is 2.90. The van der Waals surface area contributed by atoms with E-state index in [4.69, 9.17) is 17.3 Å². The number of piperazine rings is 1. The first-order chi connectivity index (χ1) is 18.9. The number of hydrogen-bond acceptors (Lipinski definition) is 9. The fourth-order valence-electron chi connectivity index (χ4n) is 4.32. The summed E-state index contributed by atoms with van der Waals surface area (Å²) in [5.41, 5.74) is 13.2. The number of hydrazine groups is 1. The number of anilines is 3. The first-order valence-electron chi connectivity index (χ1n) is 12.5. The van der Waals surface area contributed by atoms with E-state index in [2.05, 4.69) is 20.2 Å². The molecule has 40 heavy (non-hydrogen) atoms. The summed E-state index contributed by atoms with van der Waals surface area (Å²) in [7, 11) is 1.99. The highest BCUT2D eigenvalue weighted by Gasteiger charge is 2.34. The van der Waals surface area contributed by atoms with Gasteiger partial charge in [-0.25, -0.2) is 15.8 Å². The molecular formula is C27H32F3N9O. The number of aromatic nitrogens is 2. The maximum absolute atomic E-state index is 13.9. The molecule has 1 saturated heterocycles. The lowest BCUT2D eigenvalue weighted by molar-refractivity contribution is -0.138. The van der Waals surface area contributed by atoms with E-state index in [0.29, 0.717) is 24.3 Å². The van der Waals surface area contributed by atoms with Crippen molar-refractivity contribution in [2.75, 3.05) is 49.3 Å². The van der Waals surface area contributed by atoms with E-state index >= 15 is 0 Å². The molecular weight excluding hydrogens is 523 g/mol. The third-order valence-electron chi connectivity index (χ3n) is 6.70. The molecule has 13 heteroatoms. The fourth-order valence-corrected chi connectivity index (χ4v) is 4.32. The Hall–Kier alpha value is -4.20. The highest BCUT2D eigenvalue weighted by molar-refractivity contribution is 6.05. The van der Waals surface area contributed by atoms with Crippen LogP contribution in [0.4, 0.5) is 30.5 Å². The van der Waals surface area contributed by atoms with Gasteiger partial charge in [-0.2, -0.15) is 13.2 Å². The van der Waals surface area contributed by atoms with Gasteiger partial charge in [0.1, 0.15) is 0 Å². The molecule has 1 amide bonds. The number of aryl methyl sites for hydroxylation is 1. The molecule has 10 nitrogen and oxygen atoms in total. The van der Waals surface area contributed by atoms with Gasteiger partial charge in [0.25, 0.3) is 5.91 Å². The minimum absolute atomic E-state index is 0.0404. The number of carbonyl (C=O) groups excluding carboxylic acids is 1. The van der Waals surface area contributed by atoms with Crippen LogP contribution in [-0.4, -0.2) is 58.9 Å². The van der Waals surface area contributed by atoms with Crippen LogP contribution in [0.2, 0.25) is 0 Å². The van der Waals surface area contributed by atoms with Crippen molar-refractivity contribution < 1.29 is 18.0 Å². The number of nitrogens with two attached hydrogens (primary N) is 3. The van der Waals surface area contributed by atoms with Crippen molar-refractivity contribution in [3.63, 3.8) is 0 Å². The second kappa shape index (κ2) is 11.9. The number of carbonyl (C=O) groups is 1. The highest BCUT2D eigenvalue weighted by atomic mass is 19.4. The Labute approximate surface area is 230 Å². The summed E-state index contributed by atoms with van der Waals surface area (Å²) in [6.07, 6.45) is -0.232. The molecule has 0 bridgehead atoms. The maximum Gasteiger partial charge on any atom is 0.416 e. The molecule has 0 spiro atoms. The Morgan fingerprint density at radius 1 is 1.07 bits per heavy atom. The SMILES string of the molecule is Cc1ccc(C(=O)Nc2ccc(CN3CCN(C)CC3)c(C(F)(F)F)c2)cc1N(N)/C=C(\N)c1cnc(N)nc1. The molecule has 7 N–H and O–H groups in total. The minimum Gasteiger partial charge on any atom is -0.397 e. The van der Waals surface area contributed by atoms with E-state index in [1.165, 1.54) is 41.8 Å². The van der Waals surface area contributed by atoms with Crippen LogP contribution >= 0.6 is 0 Å². The van der Waals surface area contributed by atoms with Gasteiger partial charge in [-0.3, -0.25) is 14.7 Å². The van der Waals surface area contributed by atoms with Gasteiger partial charge in [-0.15, -0.1) is 0 Å². The van der Waals surface area contributed by atoms with Crippen molar-refractivity contribution in [2.24, 2.45) is 11.6 Å². The van der Waals surface area contributed by atoms with E-state index in [-0.39, 0.29) is 35.0 Å². The summed E-state index contributed by atoms with van der Waals surface area (Å²) < 4.78 is 41.8. The molecule has 0 unspecified atom stereocenters. The number of nitrogens with one attached hydrogen (secondary N) is 1. The Bertz CT molecular complexity index is 1380. The van der Waals surface area contributed by atoms with Gasteiger partial charge in [0, 0.05) is 68.1 Å². The lowest BCUT2D eigenvalue weighted by atomic mass is 10.0. The third kappa shape index (κ3) is 7.05. The molecule has 2 heterocycles. The lowest BCUT2D eigenvalue weighted by Gasteiger charge is -2.33. The van der Waals surface area contributed by atoms with Crippen LogP contribution in [0.3, 0.4) is 0 Å². The summed E-state index contributed by atoms with van der Waals surface area (Å²) in [4.78, 5) is 25.0. The van der Waals surface area contributed by atoms with E-state index in [1.807, 2.05) is 11.9 Å². The van der Waals surface area contributed by atoms with Gasteiger partial charge in [0.2, 0.25) is 5.95 Å². The van der Waals surface area contributed by atoms with Crippen molar-refractivity contribution in [1.29, 1.82) is 0 Å². The van der Waals surface area contributed by atoms with Gasteiger partial charge < -0.3 is 21.7 Å². The average molecular weight is 556 g/mol. The molecule has 3 aromatic rings. The molecule has 0 radical (unpaired) electrons. The number of benzene rings is 2. The zero-order valence-corrected chi connectivity index (χ0v) is 22.2. The monoisotopic (exact) mass is 555 g/mol. The van der Waals surface area contributed by atoms with E-state index in [9.17, 15) is 18.0 Å². The largest absolute Gasteiger partial charge is 0.416 e. The van der Waals surface area contributed by atoms with Gasteiger partial charge in [0.05, 0.1) is 16.9 Å². The molecule has 0 atom stereocenters. The van der Waals surface area contributed by atoms with Crippen molar-refractivity contribution in [3.8, 4) is 0 Å². The predicted octanol–water partition coefficient (Wildman–Crippen LogP) is 3.02. The van der Waals surface area contributed by atoms with Crippen LogP contribution in [0, 0.1) is 6.92 Å². The Morgan fingerprint density at radius 3 is 2.40 bits per heavy atom. The highest BCUT2D eigenvalue weighted by Crippen LogP contribution is 2.35. The van der Waals surface area contributed by atoms with Crippen LogP contribution in [0.5, 0.6) is 0 Å². The molecule has 0 saturated carbocycles. The first kappa shape index (κ1) is 28.8. The molecule has 0 aliphatic carbocycles. The van der Waals surface area contributed by atoms with Crippen molar-refractivity contribution in [3.05, 3.63) is 82.8 Å². The number of likely N-dealkylation sites (N-methyl/N-ethyl adjacent to an activating group) is 1. The smallest absolute Gasteiger partial charge is 0.397 e. The molecule has 1 aliphatic rings. The predicted molar refractivity (Wildman–Crippen MR) is 149 cm³/mol. The number of amides is 1. The molecule has 2 aromatic carbocycles. The quantitative estimate of drug-likeness (QED) is 0.256. The minimum atomic E-state index is -4.57. The van der Waals surface area contributed by atoms with E-state index < -0.39 is 17.6 Å². The molecule has 1 fully saturated rings. The van der Waals surface area contributed by atoms with Crippen molar-refractivity contribution in [1.82, 2.24) is 19.8 Å². The summed E-state index contributed by atoms with van der Waals surface area (Å²) in [5.74, 6) is 5.72. The zero-order chi connectivity index (χ0) is 29.0. The summed E-state index contributed by atoms with van der Waals surface area (Å²) in [6.45, 7) is 4.95. The van der Waals surface area contributed by atoms with Gasteiger partial charge >= 0.3 is 6.18 Å². The van der Waals surface area contributed by atoms with Crippen LogP contribution in [0.15, 0.2) is 55.0 Å². The van der Waals surface area contributed by atoms with E-state index in [0.717, 1.165) is 24.7 Å². The fraction of sp³-hybridized carbons (Fsp3) is 0.296. The summed E-state index contributed by atoms with van der Waals surface area (Å²) in [5, 5.41) is 3.82. The zero-order valence-electron chi connectivity index (χ0n) is 22.2. The third-order valence-corrected chi connectivity index (χ3v) is 6.70. The van der Waals surface area contributed by atoms with Crippen LogP contribution in [0.1, 0.15) is 32.6 Å². The Balaban J connectivity index is 1.52. The number of alkyl halides is 3. The van der Waals surface area contributed by atoms with E-state index in [1.54, 1.807) is 19.1 Å². The lowest BCUT2D eigenvalue weighted by Crippen LogP contribution is -2.44. The summed E-state index contributed by atoms with van der Waals surface area (Å²) in [6, 6.07) is 8.66. The standard InChI is InChI=1S/C27H32F3N9O/c1-17-3-4-18(11-24(17)39(33)16-23(31)20-13-34-26(32)35-14-20)25(40)36-21-6-5-19(22(12-21)27(28,29)30)15-38-9-7-37(2)8-10-38/h3-6,11-14,16H,7-10,15,31,33H2,1-2H3,(H,36,40)(H2,32,34,35)/b23-16-. The number of hydrogen-bond donors (Lipinski definition) is 4. The molecule has 1 aromatic heterocycles. The Kier molecular flexibility index (Phi) is 8.57. The van der Waals surface area contributed by atoms with Crippen LogP contribution in [0.25, 0.3) is 5.70 Å². The number of nitrogens with zero attached hydrogens (tertiary/aromatic N) is 5.